The summed E-state index contributed by atoms with van der Waals surface area (Å²) < 4.78 is 0. The molecule has 4 nitrogen and oxygen atoms in total. The zero-order chi connectivity index (χ0) is 12.4. The highest BCUT2D eigenvalue weighted by atomic mass is 32.1. The number of thiophene rings is 1. The molecule has 0 aromatic carbocycles. The lowest BCUT2D eigenvalue weighted by molar-refractivity contribution is 0.104. The van der Waals surface area contributed by atoms with Crippen molar-refractivity contribution in [3.8, 4) is 12.1 Å². The molecule has 0 radical (unpaired) electrons. The Hall–Kier alpha value is -2.37. The maximum Gasteiger partial charge on any atom is 0.196 e. The predicted molar refractivity (Wildman–Crippen MR) is 63.9 cm³/mol. The zero-order valence-corrected chi connectivity index (χ0v) is 9.76. The molecular weight excluding hydrogens is 234 g/mol. The first-order valence-corrected chi connectivity index (χ1v) is 5.72. The molecule has 0 atom stereocenters. The Bertz CT molecular complexity index is 621. The third kappa shape index (κ3) is 1.54. The molecule has 0 saturated heterocycles. The molecule has 2 rings (SSSR count). The highest BCUT2D eigenvalue weighted by Crippen LogP contribution is 2.40. The number of hydrogen-bond donors (Lipinski definition) is 1. The van der Waals surface area contributed by atoms with Gasteiger partial charge in [-0.1, -0.05) is 0 Å². The van der Waals surface area contributed by atoms with Gasteiger partial charge in [0.1, 0.15) is 17.7 Å². The summed E-state index contributed by atoms with van der Waals surface area (Å²) in [6.45, 7) is 0. The number of nitrogens with zero attached hydrogens (tertiary/aromatic N) is 2. The van der Waals surface area contributed by atoms with Crippen molar-refractivity contribution in [3.63, 3.8) is 0 Å². The molecular formula is C12H7N3OS. The summed E-state index contributed by atoms with van der Waals surface area (Å²) in [5.41, 5.74) is 2.03. The zero-order valence-electron chi connectivity index (χ0n) is 8.94. The summed E-state index contributed by atoms with van der Waals surface area (Å²) in [7, 11) is 1.67. The van der Waals surface area contributed by atoms with Crippen molar-refractivity contribution in [2.24, 2.45) is 0 Å². The number of Topliss-reactive ketones (excluding diaryl/α,β-unsaturated/α-hetero) is 1. The van der Waals surface area contributed by atoms with E-state index in [9.17, 15) is 4.79 Å². The maximum absolute atomic E-state index is 12.0. The fourth-order valence-electron chi connectivity index (χ4n) is 1.76. The Balaban J connectivity index is 2.78. The number of carbonyl (C=O) groups excluding carboxylic acids is 1. The lowest BCUT2D eigenvalue weighted by Crippen LogP contribution is -2.02. The molecule has 1 N–H and O–H groups in total. The predicted octanol–water partition coefficient (Wildman–Crippen LogP) is 1.85. The van der Waals surface area contributed by atoms with E-state index < -0.39 is 0 Å². The number of fused-ring (bicyclic) bond motifs is 1. The number of nitriles is 2. The van der Waals surface area contributed by atoms with Crippen LogP contribution in [0.5, 0.6) is 0 Å². The molecule has 1 aliphatic rings. The van der Waals surface area contributed by atoms with Crippen molar-refractivity contribution < 1.29 is 4.79 Å². The summed E-state index contributed by atoms with van der Waals surface area (Å²) in [6, 6.07) is 3.67. The molecule has 0 bridgehead atoms. The van der Waals surface area contributed by atoms with Crippen LogP contribution in [-0.4, -0.2) is 12.8 Å². The second-order valence-corrected chi connectivity index (χ2v) is 4.09. The molecule has 1 aromatic rings. The van der Waals surface area contributed by atoms with Gasteiger partial charge in [0.05, 0.1) is 0 Å². The van der Waals surface area contributed by atoms with Gasteiger partial charge in [-0.05, 0) is 5.38 Å². The monoisotopic (exact) mass is 241 g/mol. The van der Waals surface area contributed by atoms with Gasteiger partial charge in [0.15, 0.2) is 5.78 Å². The molecule has 0 aliphatic heterocycles. The van der Waals surface area contributed by atoms with Crippen LogP contribution in [0.25, 0.3) is 5.57 Å². The van der Waals surface area contributed by atoms with Gasteiger partial charge in [-0.15, -0.1) is 0 Å². The van der Waals surface area contributed by atoms with Crippen LogP contribution >= 0.6 is 11.3 Å². The Morgan fingerprint density at radius 2 is 2.00 bits per heavy atom. The van der Waals surface area contributed by atoms with Crippen LogP contribution in [-0.2, 0) is 0 Å². The third-order valence-electron chi connectivity index (χ3n) is 2.45. The van der Waals surface area contributed by atoms with Gasteiger partial charge in [-0.2, -0.15) is 21.9 Å². The van der Waals surface area contributed by atoms with Crippen LogP contribution < -0.4 is 5.32 Å². The first-order chi connectivity index (χ1) is 8.24. The normalized spacial score (nSPS) is 15.4. The van der Waals surface area contributed by atoms with Gasteiger partial charge in [-0.3, -0.25) is 4.79 Å². The lowest BCUT2D eigenvalue weighted by Gasteiger charge is -2.00. The molecule has 0 spiro atoms. The van der Waals surface area contributed by atoms with Crippen LogP contribution in [0.15, 0.2) is 28.1 Å². The van der Waals surface area contributed by atoms with Gasteiger partial charge in [0, 0.05) is 40.9 Å². The number of rotatable bonds is 1. The van der Waals surface area contributed by atoms with Gasteiger partial charge in [0.25, 0.3) is 0 Å². The summed E-state index contributed by atoms with van der Waals surface area (Å²) in [5, 5.41) is 24.2. The van der Waals surface area contributed by atoms with E-state index in [1.807, 2.05) is 12.1 Å². The van der Waals surface area contributed by atoms with E-state index >= 15 is 0 Å². The molecule has 1 heterocycles. The topological polar surface area (TPSA) is 76.7 Å². The Morgan fingerprint density at radius 1 is 1.35 bits per heavy atom. The summed E-state index contributed by atoms with van der Waals surface area (Å²) >= 11 is 1.39. The summed E-state index contributed by atoms with van der Waals surface area (Å²) in [4.78, 5) is 12.0. The van der Waals surface area contributed by atoms with Crippen LogP contribution in [0.4, 0.5) is 0 Å². The first-order valence-electron chi connectivity index (χ1n) is 4.78. The van der Waals surface area contributed by atoms with E-state index in [0.717, 1.165) is 0 Å². The highest BCUT2D eigenvalue weighted by Gasteiger charge is 2.33. The number of hydrogen-bond acceptors (Lipinski definition) is 5. The van der Waals surface area contributed by atoms with Crippen molar-refractivity contribution in [2.45, 2.75) is 0 Å². The van der Waals surface area contributed by atoms with E-state index in [-0.39, 0.29) is 11.4 Å². The minimum atomic E-state index is -0.145. The molecule has 5 heteroatoms. The number of ketones is 1. The average molecular weight is 241 g/mol. The Morgan fingerprint density at radius 3 is 2.59 bits per heavy atom. The standard InChI is InChI=1S/C12H7N3OS/c1-15-4-8-11(7(2-13)3-14)9-5-17-6-10(9)12(8)16/h4-6,15H,1H3/b8-4+. The van der Waals surface area contributed by atoms with Crippen LogP contribution in [0.1, 0.15) is 15.9 Å². The van der Waals surface area contributed by atoms with Crippen LogP contribution in [0.3, 0.4) is 0 Å². The number of nitrogens with one attached hydrogen (secondary N) is 1. The molecule has 82 valence electrons. The van der Waals surface area contributed by atoms with Crippen LogP contribution in [0.2, 0.25) is 0 Å². The molecule has 0 fully saturated rings. The second-order valence-electron chi connectivity index (χ2n) is 3.35. The smallest absolute Gasteiger partial charge is 0.196 e. The number of carbonyl (C=O) groups is 1. The molecule has 17 heavy (non-hydrogen) atoms. The molecule has 0 saturated carbocycles. The average Bonchev–Trinajstić information content (AvgIpc) is 2.89. The highest BCUT2D eigenvalue weighted by molar-refractivity contribution is 7.08. The number of allylic oxidation sites excluding steroid dienone is 3. The maximum atomic E-state index is 12.0. The van der Waals surface area contributed by atoms with E-state index in [0.29, 0.717) is 22.3 Å². The Kier molecular flexibility index (Phi) is 2.78. The Labute approximate surface area is 102 Å². The van der Waals surface area contributed by atoms with Gasteiger partial charge >= 0.3 is 0 Å². The molecule has 0 amide bonds. The molecule has 1 aromatic heterocycles. The van der Waals surface area contributed by atoms with Gasteiger partial charge in [-0.25, -0.2) is 0 Å². The minimum absolute atomic E-state index is 0.0306. The molecule has 0 unspecified atom stereocenters. The fourth-order valence-corrected chi connectivity index (χ4v) is 2.58. The second kappa shape index (κ2) is 4.25. The minimum Gasteiger partial charge on any atom is -0.393 e. The van der Waals surface area contributed by atoms with E-state index in [2.05, 4.69) is 5.32 Å². The first kappa shape index (κ1) is 11.1. The largest absolute Gasteiger partial charge is 0.393 e. The van der Waals surface area contributed by atoms with Crippen molar-refractivity contribution in [1.29, 1.82) is 10.5 Å². The molecule has 1 aliphatic carbocycles. The fraction of sp³-hybridized carbons (Fsp3) is 0.0833. The van der Waals surface area contributed by atoms with Gasteiger partial charge in [0.2, 0.25) is 0 Å². The van der Waals surface area contributed by atoms with E-state index in [1.165, 1.54) is 17.5 Å². The quantitative estimate of drug-likeness (QED) is 0.601. The van der Waals surface area contributed by atoms with E-state index in [1.54, 1.807) is 17.8 Å². The van der Waals surface area contributed by atoms with Crippen molar-refractivity contribution in [3.05, 3.63) is 39.2 Å². The van der Waals surface area contributed by atoms with Crippen molar-refractivity contribution in [1.82, 2.24) is 5.32 Å². The van der Waals surface area contributed by atoms with Gasteiger partial charge < -0.3 is 5.32 Å². The van der Waals surface area contributed by atoms with Crippen molar-refractivity contribution in [2.75, 3.05) is 7.05 Å². The lowest BCUT2D eigenvalue weighted by atomic mass is 10.0. The van der Waals surface area contributed by atoms with E-state index in [4.69, 9.17) is 10.5 Å². The third-order valence-corrected chi connectivity index (χ3v) is 3.20. The van der Waals surface area contributed by atoms with Crippen molar-refractivity contribution >= 4 is 22.7 Å². The summed E-state index contributed by atoms with van der Waals surface area (Å²) in [5.74, 6) is -0.145. The SMILES string of the molecule is CN/C=C1/C(=O)c2cscc2C1=C(C#N)C#N. The summed E-state index contributed by atoms with van der Waals surface area (Å²) in [6.07, 6.45) is 1.52. The van der Waals surface area contributed by atoms with Crippen LogP contribution in [0, 0.1) is 22.7 Å².